The topological polar surface area (TPSA) is 29.9 Å². The van der Waals surface area contributed by atoms with Gasteiger partial charge in [0.25, 0.3) is 0 Å². The highest BCUT2D eigenvalue weighted by Crippen LogP contribution is 2.20. The molecule has 0 amide bonds. The number of nitrogens with zero attached hydrogens (tertiary/aromatic N) is 2. The second kappa shape index (κ2) is 5.55. The molecule has 0 aliphatic carbocycles. The Morgan fingerprint density at radius 3 is 2.28 bits per heavy atom. The number of nitrogens with one attached hydrogen (secondary N) is 1. The molecule has 2 atom stereocenters. The highest BCUT2D eigenvalue weighted by molar-refractivity contribution is 6.30. The number of halogens is 1. The van der Waals surface area contributed by atoms with Crippen LogP contribution in [0, 0.1) is 0 Å². The average molecular weight is 264 g/mol. The Hall–Kier alpha value is -1.32. The van der Waals surface area contributed by atoms with E-state index in [4.69, 9.17) is 11.6 Å². The van der Waals surface area contributed by atoms with Gasteiger partial charge in [-0.05, 0) is 31.5 Å². The largest absolute Gasteiger partial charge is 0.304 e. The Morgan fingerprint density at radius 2 is 1.72 bits per heavy atom. The van der Waals surface area contributed by atoms with E-state index in [1.165, 1.54) is 11.1 Å². The highest BCUT2D eigenvalue weighted by Gasteiger charge is 2.12. The minimum Gasteiger partial charge on any atom is -0.304 e. The van der Waals surface area contributed by atoms with Gasteiger partial charge in [0.2, 0.25) is 0 Å². The number of hydrogen-bond acceptors (Lipinski definition) is 2. The van der Waals surface area contributed by atoms with Gasteiger partial charge in [0.1, 0.15) is 0 Å². The standard InChI is InChI=1S/C14H18ClN3/c1-10(12-4-6-14(15)7-5-12)17-11(2)13-8-16-18(3)9-13/h4-11,17H,1-3H3/t10-,11?/m0/s1. The lowest BCUT2D eigenvalue weighted by Gasteiger charge is -2.19. The first kappa shape index (κ1) is 13.1. The van der Waals surface area contributed by atoms with Crippen molar-refractivity contribution in [3.8, 4) is 0 Å². The van der Waals surface area contributed by atoms with E-state index in [0.717, 1.165) is 5.02 Å². The van der Waals surface area contributed by atoms with E-state index in [0.29, 0.717) is 0 Å². The summed E-state index contributed by atoms with van der Waals surface area (Å²) in [6.45, 7) is 4.29. The molecule has 2 rings (SSSR count). The first-order chi connectivity index (χ1) is 8.56. The molecule has 0 saturated heterocycles. The zero-order valence-corrected chi connectivity index (χ0v) is 11.6. The lowest BCUT2D eigenvalue weighted by molar-refractivity contribution is 0.494. The van der Waals surface area contributed by atoms with Gasteiger partial charge in [0.05, 0.1) is 6.20 Å². The Bertz CT molecular complexity index is 504. The second-order valence-corrected chi connectivity index (χ2v) is 5.05. The average Bonchev–Trinajstić information content (AvgIpc) is 2.76. The fraction of sp³-hybridized carbons (Fsp3) is 0.357. The fourth-order valence-electron chi connectivity index (χ4n) is 1.98. The smallest absolute Gasteiger partial charge is 0.0537 e. The van der Waals surface area contributed by atoms with Crippen molar-refractivity contribution < 1.29 is 0 Å². The van der Waals surface area contributed by atoms with E-state index < -0.39 is 0 Å². The summed E-state index contributed by atoms with van der Waals surface area (Å²) >= 11 is 5.89. The van der Waals surface area contributed by atoms with Gasteiger partial charge in [-0.2, -0.15) is 5.10 Å². The molecular weight excluding hydrogens is 246 g/mol. The Kier molecular flexibility index (Phi) is 4.04. The van der Waals surface area contributed by atoms with Gasteiger partial charge in [-0.1, -0.05) is 23.7 Å². The van der Waals surface area contributed by atoms with Gasteiger partial charge in [-0.15, -0.1) is 0 Å². The predicted octanol–water partition coefficient (Wildman–Crippen LogP) is 3.49. The Morgan fingerprint density at radius 1 is 1.11 bits per heavy atom. The van der Waals surface area contributed by atoms with E-state index in [2.05, 4.69) is 36.4 Å². The van der Waals surface area contributed by atoms with Gasteiger partial charge < -0.3 is 5.32 Å². The van der Waals surface area contributed by atoms with Crippen LogP contribution in [0.15, 0.2) is 36.7 Å². The van der Waals surface area contributed by atoms with Crippen molar-refractivity contribution in [1.82, 2.24) is 15.1 Å². The summed E-state index contributed by atoms with van der Waals surface area (Å²) < 4.78 is 1.82. The van der Waals surface area contributed by atoms with Crippen LogP contribution in [0.4, 0.5) is 0 Å². The van der Waals surface area contributed by atoms with Crippen molar-refractivity contribution in [1.29, 1.82) is 0 Å². The van der Waals surface area contributed by atoms with Crippen LogP contribution in [0.2, 0.25) is 5.02 Å². The summed E-state index contributed by atoms with van der Waals surface area (Å²) in [5, 5.41) is 8.51. The third kappa shape index (κ3) is 3.12. The van der Waals surface area contributed by atoms with Gasteiger partial charge in [-0.3, -0.25) is 4.68 Å². The Labute approximate surface area is 113 Å². The first-order valence-electron chi connectivity index (χ1n) is 6.06. The molecule has 18 heavy (non-hydrogen) atoms. The van der Waals surface area contributed by atoms with Gasteiger partial charge >= 0.3 is 0 Å². The molecule has 3 nitrogen and oxygen atoms in total. The van der Waals surface area contributed by atoms with E-state index in [1.807, 2.05) is 36.3 Å². The van der Waals surface area contributed by atoms with Gasteiger partial charge in [0, 0.05) is 35.9 Å². The first-order valence-corrected chi connectivity index (χ1v) is 6.44. The molecule has 1 heterocycles. The van der Waals surface area contributed by atoms with Gasteiger partial charge in [0.15, 0.2) is 0 Å². The van der Waals surface area contributed by atoms with Crippen molar-refractivity contribution in [2.45, 2.75) is 25.9 Å². The number of rotatable bonds is 4. The van der Waals surface area contributed by atoms with Crippen molar-refractivity contribution in [2.24, 2.45) is 7.05 Å². The second-order valence-electron chi connectivity index (χ2n) is 4.61. The number of aromatic nitrogens is 2. The molecule has 96 valence electrons. The maximum absolute atomic E-state index is 5.89. The molecule has 1 unspecified atom stereocenters. The van der Waals surface area contributed by atoms with Crippen LogP contribution < -0.4 is 5.32 Å². The van der Waals surface area contributed by atoms with Crippen molar-refractivity contribution in [3.05, 3.63) is 52.8 Å². The van der Waals surface area contributed by atoms with Crippen LogP contribution in [-0.2, 0) is 7.05 Å². The summed E-state index contributed by atoms with van der Waals surface area (Å²) in [7, 11) is 1.93. The SMILES string of the molecule is CC(N[C@@H](C)c1ccc(Cl)cc1)c1cnn(C)c1. The quantitative estimate of drug-likeness (QED) is 0.915. The zero-order chi connectivity index (χ0) is 13.1. The maximum atomic E-state index is 5.89. The van der Waals surface area contributed by atoms with Crippen LogP contribution in [-0.4, -0.2) is 9.78 Å². The van der Waals surface area contributed by atoms with E-state index in [1.54, 1.807) is 0 Å². The van der Waals surface area contributed by atoms with Crippen molar-refractivity contribution in [3.63, 3.8) is 0 Å². The van der Waals surface area contributed by atoms with Crippen LogP contribution in [0.25, 0.3) is 0 Å². The number of aryl methyl sites for hydroxylation is 1. The summed E-state index contributed by atoms with van der Waals surface area (Å²) in [6, 6.07) is 8.49. The number of benzene rings is 1. The molecule has 0 spiro atoms. The molecule has 4 heteroatoms. The van der Waals surface area contributed by atoms with Crippen molar-refractivity contribution >= 4 is 11.6 Å². The summed E-state index contributed by atoms with van der Waals surface area (Å²) in [4.78, 5) is 0. The normalized spacial score (nSPS) is 14.4. The van der Waals surface area contributed by atoms with Crippen LogP contribution >= 0.6 is 11.6 Å². The molecule has 0 fully saturated rings. The highest BCUT2D eigenvalue weighted by atomic mass is 35.5. The molecule has 1 aromatic carbocycles. The maximum Gasteiger partial charge on any atom is 0.0537 e. The zero-order valence-electron chi connectivity index (χ0n) is 10.9. The third-order valence-electron chi connectivity index (χ3n) is 3.09. The molecule has 0 saturated carbocycles. The van der Waals surface area contributed by atoms with Crippen LogP contribution in [0.1, 0.15) is 37.1 Å². The molecule has 2 aromatic rings. The van der Waals surface area contributed by atoms with Crippen LogP contribution in [0.3, 0.4) is 0 Å². The molecular formula is C14H18ClN3. The summed E-state index contributed by atoms with van der Waals surface area (Å²) in [5.74, 6) is 0. The summed E-state index contributed by atoms with van der Waals surface area (Å²) in [5.41, 5.74) is 2.42. The van der Waals surface area contributed by atoms with Gasteiger partial charge in [-0.25, -0.2) is 0 Å². The predicted molar refractivity (Wildman–Crippen MR) is 74.6 cm³/mol. The molecule has 0 aliphatic rings. The fourth-order valence-corrected chi connectivity index (χ4v) is 2.11. The molecule has 1 aromatic heterocycles. The third-order valence-corrected chi connectivity index (χ3v) is 3.35. The van der Waals surface area contributed by atoms with Crippen LogP contribution in [0.5, 0.6) is 0 Å². The van der Waals surface area contributed by atoms with E-state index in [9.17, 15) is 0 Å². The Balaban J connectivity index is 2.02. The lowest BCUT2D eigenvalue weighted by Crippen LogP contribution is -2.22. The monoisotopic (exact) mass is 263 g/mol. The molecule has 0 aliphatic heterocycles. The van der Waals surface area contributed by atoms with Crippen molar-refractivity contribution in [2.75, 3.05) is 0 Å². The molecule has 0 radical (unpaired) electrons. The number of hydrogen-bond donors (Lipinski definition) is 1. The summed E-state index contributed by atoms with van der Waals surface area (Å²) in [6.07, 6.45) is 3.93. The van der Waals surface area contributed by atoms with E-state index >= 15 is 0 Å². The molecule has 1 N–H and O–H groups in total. The molecule has 0 bridgehead atoms. The minimum absolute atomic E-state index is 0.268. The lowest BCUT2D eigenvalue weighted by atomic mass is 10.1. The minimum atomic E-state index is 0.268. The van der Waals surface area contributed by atoms with E-state index in [-0.39, 0.29) is 12.1 Å².